The van der Waals surface area contributed by atoms with Crippen LogP contribution in [0.4, 0.5) is 0 Å². The monoisotopic (exact) mass is 188 g/mol. The minimum absolute atomic E-state index is 0.404. The molecule has 0 saturated carbocycles. The number of carboxylic acids is 1. The Morgan fingerprint density at radius 1 is 1.64 bits per heavy atom. The first kappa shape index (κ1) is 8.62. The zero-order valence-corrected chi connectivity index (χ0v) is 7.49. The van der Waals surface area contributed by atoms with Crippen molar-refractivity contribution >= 4 is 29.9 Å². The molecule has 60 valence electrons. The van der Waals surface area contributed by atoms with Gasteiger partial charge in [0, 0.05) is 4.88 Å². The van der Waals surface area contributed by atoms with Crippen molar-refractivity contribution in [3.05, 3.63) is 21.9 Å². The van der Waals surface area contributed by atoms with E-state index in [4.69, 9.17) is 5.11 Å². The lowest BCUT2D eigenvalue weighted by atomic mass is 10.4. The summed E-state index contributed by atoms with van der Waals surface area (Å²) in [4.78, 5) is 11.9. The van der Waals surface area contributed by atoms with Crippen LogP contribution >= 0.6 is 24.0 Å². The summed E-state index contributed by atoms with van der Waals surface area (Å²) in [6.07, 6.45) is 0.848. The average molecular weight is 188 g/mol. The van der Waals surface area contributed by atoms with E-state index in [1.165, 1.54) is 11.3 Å². The third-order valence-electron chi connectivity index (χ3n) is 1.23. The number of carbonyl (C=O) groups is 1. The van der Waals surface area contributed by atoms with Crippen molar-refractivity contribution in [1.82, 2.24) is 0 Å². The minimum atomic E-state index is -0.847. The molecule has 1 N–H and O–H groups in total. The molecule has 1 rings (SSSR count). The first-order chi connectivity index (χ1) is 5.24. The van der Waals surface area contributed by atoms with Gasteiger partial charge in [0.05, 0.1) is 0 Å². The molecule has 1 aromatic rings. The Morgan fingerprint density at radius 3 is 2.82 bits per heavy atom. The van der Waals surface area contributed by atoms with Gasteiger partial charge in [-0.2, -0.15) is 12.6 Å². The summed E-state index contributed by atoms with van der Waals surface area (Å²) in [5.41, 5.74) is 0. The number of carboxylic acid groups (broad SMARTS) is 1. The van der Waals surface area contributed by atoms with E-state index in [-0.39, 0.29) is 0 Å². The van der Waals surface area contributed by atoms with E-state index in [1.807, 2.05) is 6.07 Å². The van der Waals surface area contributed by atoms with Crippen LogP contribution in [0.3, 0.4) is 0 Å². The van der Waals surface area contributed by atoms with Gasteiger partial charge >= 0.3 is 5.97 Å². The number of thiol groups is 1. The smallest absolute Gasteiger partial charge is 0.345 e. The number of thiophene rings is 1. The van der Waals surface area contributed by atoms with Crippen molar-refractivity contribution in [1.29, 1.82) is 0 Å². The van der Waals surface area contributed by atoms with Gasteiger partial charge in [-0.15, -0.1) is 11.3 Å². The SMILES string of the molecule is O=C(O)c1ccc(CCS)s1. The molecule has 0 fully saturated rings. The zero-order chi connectivity index (χ0) is 8.27. The second kappa shape index (κ2) is 3.78. The standard InChI is InChI=1S/C7H8O2S2/c8-7(9)6-2-1-5(11-6)3-4-10/h1-2,10H,3-4H2,(H,8,9). The van der Waals surface area contributed by atoms with Crippen LogP contribution in [0.5, 0.6) is 0 Å². The van der Waals surface area contributed by atoms with Gasteiger partial charge in [-0.1, -0.05) is 0 Å². The molecule has 0 aliphatic rings. The molecule has 0 aromatic carbocycles. The van der Waals surface area contributed by atoms with Gasteiger partial charge in [0.1, 0.15) is 4.88 Å². The molecule has 11 heavy (non-hydrogen) atoms. The molecule has 1 heterocycles. The van der Waals surface area contributed by atoms with Crippen LogP contribution in [0.2, 0.25) is 0 Å². The number of hydrogen-bond donors (Lipinski definition) is 2. The predicted octanol–water partition coefficient (Wildman–Crippen LogP) is 1.92. The number of aryl methyl sites for hydroxylation is 1. The molecule has 4 heteroatoms. The summed E-state index contributed by atoms with van der Waals surface area (Å²) >= 11 is 5.37. The second-order valence-electron chi connectivity index (χ2n) is 2.04. The van der Waals surface area contributed by atoms with Crippen LogP contribution in [-0.4, -0.2) is 16.8 Å². The van der Waals surface area contributed by atoms with Gasteiger partial charge in [-0.25, -0.2) is 4.79 Å². The van der Waals surface area contributed by atoms with Crippen LogP contribution in [-0.2, 0) is 6.42 Å². The molecule has 0 bridgehead atoms. The van der Waals surface area contributed by atoms with E-state index < -0.39 is 5.97 Å². The number of hydrogen-bond acceptors (Lipinski definition) is 3. The maximum Gasteiger partial charge on any atom is 0.345 e. The first-order valence-electron chi connectivity index (χ1n) is 3.17. The topological polar surface area (TPSA) is 37.3 Å². The molecule has 0 radical (unpaired) electrons. The summed E-state index contributed by atoms with van der Waals surface area (Å²) in [5, 5.41) is 8.56. The van der Waals surface area contributed by atoms with Crippen molar-refractivity contribution < 1.29 is 9.90 Å². The van der Waals surface area contributed by atoms with Crippen molar-refractivity contribution in [3.63, 3.8) is 0 Å². The van der Waals surface area contributed by atoms with Crippen LogP contribution in [0.15, 0.2) is 12.1 Å². The average Bonchev–Trinajstić information content (AvgIpc) is 2.37. The minimum Gasteiger partial charge on any atom is -0.477 e. The molecule has 0 unspecified atom stereocenters. The lowest BCUT2D eigenvalue weighted by Crippen LogP contribution is -1.89. The lowest BCUT2D eigenvalue weighted by molar-refractivity contribution is 0.0702. The third-order valence-corrected chi connectivity index (χ3v) is 2.59. The fraction of sp³-hybridized carbons (Fsp3) is 0.286. The summed E-state index contributed by atoms with van der Waals surface area (Å²) in [5.74, 6) is -0.0834. The second-order valence-corrected chi connectivity index (χ2v) is 3.66. The Hall–Kier alpha value is -0.480. The molecule has 0 saturated heterocycles. The summed E-state index contributed by atoms with van der Waals surface area (Å²) in [7, 11) is 0. The predicted molar refractivity (Wildman–Crippen MR) is 48.8 cm³/mol. The van der Waals surface area contributed by atoms with Crippen molar-refractivity contribution in [3.8, 4) is 0 Å². The molecule has 0 aliphatic heterocycles. The highest BCUT2D eigenvalue weighted by Crippen LogP contribution is 2.16. The van der Waals surface area contributed by atoms with Crippen molar-refractivity contribution in [2.75, 3.05) is 5.75 Å². The molecule has 0 atom stereocenters. The molecule has 1 aromatic heterocycles. The van der Waals surface area contributed by atoms with Gasteiger partial charge in [0.15, 0.2) is 0 Å². The molecule has 0 aliphatic carbocycles. The molecule has 0 spiro atoms. The number of aromatic carboxylic acids is 1. The van der Waals surface area contributed by atoms with E-state index in [0.717, 1.165) is 17.1 Å². The van der Waals surface area contributed by atoms with Gasteiger partial charge in [-0.05, 0) is 24.3 Å². The summed E-state index contributed by atoms with van der Waals surface area (Å²) < 4.78 is 0. The van der Waals surface area contributed by atoms with Crippen LogP contribution in [0.25, 0.3) is 0 Å². The van der Waals surface area contributed by atoms with E-state index in [2.05, 4.69) is 12.6 Å². The van der Waals surface area contributed by atoms with E-state index >= 15 is 0 Å². The third kappa shape index (κ3) is 2.24. The van der Waals surface area contributed by atoms with Gasteiger partial charge in [0.2, 0.25) is 0 Å². The van der Waals surface area contributed by atoms with E-state index in [0.29, 0.717) is 4.88 Å². The van der Waals surface area contributed by atoms with Crippen molar-refractivity contribution in [2.45, 2.75) is 6.42 Å². The van der Waals surface area contributed by atoms with Gasteiger partial charge in [-0.3, -0.25) is 0 Å². The van der Waals surface area contributed by atoms with Gasteiger partial charge in [0.25, 0.3) is 0 Å². The quantitative estimate of drug-likeness (QED) is 0.711. The summed E-state index contributed by atoms with van der Waals surface area (Å²) in [6.45, 7) is 0. The lowest BCUT2D eigenvalue weighted by Gasteiger charge is -1.87. The largest absolute Gasteiger partial charge is 0.477 e. The number of rotatable bonds is 3. The van der Waals surface area contributed by atoms with Crippen LogP contribution in [0.1, 0.15) is 14.5 Å². The van der Waals surface area contributed by atoms with Gasteiger partial charge < -0.3 is 5.11 Å². The Balaban J connectivity index is 2.73. The fourth-order valence-electron chi connectivity index (χ4n) is 0.737. The maximum atomic E-state index is 10.4. The highest BCUT2D eigenvalue weighted by Gasteiger charge is 2.05. The van der Waals surface area contributed by atoms with Crippen LogP contribution < -0.4 is 0 Å². The summed E-state index contributed by atoms with van der Waals surface area (Å²) in [6, 6.07) is 3.47. The fourth-order valence-corrected chi connectivity index (χ4v) is 1.98. The van der Waals surface area contributed by atoms with E-state index in [1.54, 1.807) is 6.07 Å². The Kier molecular flexibility index (Phi) is 2.96. The highest BCUT2D eigenvalue weighted by molar-refractivity contribution is 7.80. The molecule has 2 nitrogen and oxygen atoms in total. The maximum absolute atomic E-state index is 10.4. The Labute approximate surface area is 74.3 Å². The Bertz CT molecular complexity index is 255. The van der Waals surface area contributed by atoms with E-state index in [9.17, 15) is 4.79 Å². The zero-order valence-electron chi connectivity index (χ0n) is 5.78. The molecular weight excluding hydrogens is 180 g/mol. The van der Waals surface area contributed by atoms with Crippen molar-refractivity contribution in [2.24, 2.45) is 0 Å². The Morgan fingerprint density at radius 2 is 2.36 bits per heavy atom. The first-order valence-corrected chi connectivity index (χ1v) is 4.62. The molecule has 0 amide bonds. The molecular formula is C7H8O2S2. The van der Waals surface area contributed by atoms with Crippen LogP contribution in [0, 0.1) is 0 Å². The highest BCUT2D eigenvalue weighted by atomic mass is 32.1. The normalized spacial score (nSPS) is 9.91.